The van der Waals surface area contributed by atoms with Gasteiger partial charge in [0.05, 0.1) is 6.61 Å². The Morgan fingerprint density at radius 1 is 1.17 bits per heavy atom. The van der Waals surface area contributed by atoms with Crippen molar-refractivity contribution < 1.29 is 9.15 Å². The number of nitrogens with zero attached hydrogens (tertiary/aromatic N) is 3. The maximum Gasteiger partial charge on any atom is 0.264 e. The molecule has 2 aromatic heterocycles. The number of hydrogen-bond acceptors (Lipinski definition) is 4. The Morgan fingerprint density at radius 3 is 2.87 bits per heavy atom. The van der Waals surface area contributed by atoms with Crippen molar-refractivity contribution in [3.05, 3.63) is 36.2 Å². The predicted octanol–water partition coefficient (Wildman–Crippen LogP) is 4.07. The van der Waals surface area contributed by atoms with E-state index >= 15 is 0 Å². The van der Waals surface area contributed by atoms with Crippen LogP contribution in [-0.4, -0.2) is 28.0 Å². The minimum atomic E-state index is 0.587. The smallest absolute Gasteiger partial charge is 0.264 e. The van der Waals surface area contributed by atoms with Gasteiger partial charge >= 0.3 is 0 Å². The molecule has 0 saturated carbocycles. The molecule has 0 fully saturated rings. The van der Waals surface area contributed by atoms with Crippen LogP contribution in [0.5, 0.6) is 0 Å². The maximum absolute atomic E-state index is 5.86. The predicted molar refractivity (Wildman–Crippen MR) is 90.3 cm³/mol. The lowest BCUT2D eigenvalue weighted by atomic mass is 10.2. The number of hydrogen-bond donors (Lipinski definition) is 0. The van der Waals surface area contributed by atoms with Crippen LogP contribution in [0.25, 0.3) is 22.5 Å². The summed E-state index contributed by atoms with van der Waals surface area (Å²) in [7, 11) is 0. The van der Waals surface area contributed by atoms with Gasteiger partial charge in [-0.2, -0.15) is 0 Å². The largest absolute Gasteiger partial charge is 0.419 e. The average Bonchev–Trinajstić information content (AvgIpc) is 3.18. The summed E-state index contributed by atoms with van der Waals surface area (Å²) in [4.78, 5) is 0. The van der Waals surface area contributed by atoms with Crippen molar-refractivity contribution in [3.63, 3.8) is 0 Å². The van der Waals surface area contributed by atoms with Crippen molar-refractivity contribution in [2.45, 2.75) is 39.7 Å². The van der Waals surface area contributed by atoms with Crippen molar-refractivity contribution in [1.29, 1.82) is 0 Å². The van der Waals surface area contributed by atoms with Crippen LogP contribution in [0.15, 0.2) is 34.7 Å². The summed E-state index contributed by atoms with van der Waals surface area (Å²) in [6.45, 7) is 6.31. The molecule has 1 aromatic carbocycles. The zero-order valence-electron chi connectivity index (χ0n) is 13.8. The van der Waals surface area contributed by atoms with Gasteiger partial charge in [-0.1, -0.05) is 31.5 Å². The van der Waals surface area contributed by atoms with Crippen LogP contribution in [-0.2, 0) is 17.7 Å². The van der Waals surface area contributed by atoms with E-state index in [1.165, 1.54) is 5.39 Å². The molecule has 0 aliphatic rings. The maximum atomic E-state index is 5.86. The van der Waals surface area contributed by atoms with Gasteiger partial charge in [0.25, 0.3) is 5.89 Å². The van der Waals surface area contributed by atoms with Crippen molar-refractivity contribution in [3.8, 4) is 11.6 Å². The van der Waals surface area contributed by atoms with Crippen LogP contribution in [0.4, 0.5) is 0 Å². The van der Waals surface area contributed by atoms with E-state index in [1.54, 1.807) is 0 Å². The average molecular weight is 313 g/mol. The van der Waals surface area contributed by atoms with Crippen LogP contribution >= 0.6 is 0 Å². The van der Waals surface area contributed by atoms with Crippen LogP contribution in [0, 0.1) is 0 Å². The second-order valence-electron chi connectivity index (χ2n) is 5.54. The highest BCUT2D eigenvalue weighted by Gasteiger charge is 2.16. The number of aromatic nitrogens is 3. The fourth-order valence-corrected chi connectivity index (χ4v) is 2.71. The molecule has 0 unspecified atom stereocenters. The lowest BCUT2D eigenvalue weighted by molar-refractivity contribution is 0.140. The molecule has 0 amide bonds. The van der Waals surface area contributed by atoms with Crippen LogP contribution < -0.4 is 0 Å². The molecule has 3 rings (SSSR count). The van der Waals surface area contributed by atoms with Gasteiger partial charge in [-0.15, -0.1) is 10.2 Å². The molecule has 0 aliphatic carbocycles. The van der Waals surface area contributed by atoms with Crippen molar-refractivity contribution in [2.24, 2.45) is 0 Å². The Bertz CT molecular complexity index is 761. The standard InChI is InChI=1S/C18H23N3O2/c1-3-5-10-17-19-20-18(23-17)16-13-14-8-6-7-9-15(14)21(16)11-12-22-4-2/h6-9,13H,3-5,10-12H2,1-2H3. The molecule has 0 aliphatic heterocycles. The molecule has 0 radical (unpaired) electrons. The topological polar surface area (TPSA) is 53.1 Å². The third-order valence-corrected chi connectivity index (χ3v) is 3.90. The fourth-order valence-electron chi connectivity index (χ4n) is 2.71. The number of ether oxygens (including phenoxy) is 1. The highest BCUT2D eigenvalue weighted by Crippen LogP contribution is 2.27. The van der Waals surface area contributed by atoms with Crippen LogP contribution in [0.1, 0.15) is 32.6 Å². The monoisotopic (exact) mass is 313 g/mol. The van der Waals surface area contributed by atoms with Crippen molar-refractivity contribution >= 4 is 10.9 Å². The Labute approximate surface area is 136 Å². The third kappa shape index (κ3) is 3.45. The Kier molecular flexibility index (Phi) is 5.08. The van der Waals surface area contributed by atoms with E-state index in [0.29, 0.717) is 18.4 Å². The zero-order chi connectivity index (χ0) is 16.1. The van der Waals surface area contributed by atoms with E-state index in [-0.39, 0.29) is 0 Å². The Morgan fingerprint density at radius 2 is 2.04 bits per heavy atom. The molecular weight excluding hydrogens is 290 g/mol. The molecule has 5 heteroatoms. The van der Waals surface area contributed by atoms with Gasteiger partial charge in [-0.05, 0) is 25.5 Å². The summed E-state index contributed by atoms with van der Waals surface area (Å²) in [6, 6.07) is 10.4. The Balaban J connectivity index is 1.95. The lowest BCUT2D eigenvalue weighted by Gasteiger charge is -2.08. The third-order valence-electron chi connectivity index (χ3n) is 3.90. The summed E-state index contributed by atoms with van der Waals surface area (Å²) in [6.07, 6.45) is 3.02. The summed E-state index contributed by atoms with van der Waals surface area (Å²) in [5, 5.41) is 9.60. The second-order valence-corrected chi connectivity index (χ2v) is 5.54. The number of rotatable bonds is 8. The van der Waals surface area contributed by atoms with Gasteiger partial charge in [-0.25, -0.2) is 0 Å². The number of para-hydroxylation sites is 1. The van der Waals surface area contributed by atoms with E-state index in [1.807, 2.05) is 19.1 Å². The van der Waals surface area contributed by atoms with Gasteiger partial charge in [-0.3, -0.25) is 0 Å². The van der Waals surface area contributed by atoms with Gasteiger partial charge in [0.1, 0.15) is 5.69 Å². The summed E-state index contributed by atoms with van der Waals surface area (Å²) >= 11 is 0. The van der Waals surface area contributed by atoms with Crippen molar-refractivity contribution in [2.75, 3.05) is 13.2 Å². The molecule has 5 nitrogen and oxygen atoms in total. The van der Waals surface area contributed by atoms with E-state index in [0.717, 1.165) is 43.6 Å². The molecule has 0 atom stereocenters. The Hall–Kier alpha value is -2.14. The van der Waals surface area contributed by atoms with Crippen molar-refractivity contribution in [1.82, 2.24) is 14.8 Å². The quantitative estimate of drug-likeness (QED) is 0.588. The highest BCUT2D eigenvalue weighted by molar-refractivity contribution is 5.85. The lowest BCUT2D eigenvalue weighted by Crippen LogP contribution is -2.07. The molecular formula is C18H23N3O2. The van der Waals surface area contributed by atoms with E-state index in [2.05, 4.69) is 39.9 Å². The zero-order valence-corrected chi connectivity index (χ0v) is 13.8. The molecule has 122 valence electrons. The molecule has 3 aromatic rings. The minimum Gasteiger partial charge on any atom is -0.419 e. The van der Waals surface area contributed by atoms with Gasteiger partial charge < -0.3 is 13.7 Å². The van der Waals surface area contributed by atoms with E-state index in [4.69, 9.17) is 9.15 Å². The van der Waals surface area contributed by atoms with Gasteiger partial charge in [0, 0.05) is 30.5 Å². The molecule has 23 heavy (non-hydrogen) atoms. The number of benzene rings is 1. The van der Waals surface area contributed by atoms with Gasteiger partial charge in [0.15, 0.2) is 0 Å². The molecule has 0 N–H and O–H groups in total. The van der Waals surface area contributed by atoms with Crippen LogP contribution in [0.2, 0.25) is 0 Å². The number of unbranched alkanes of at least 4 members (excludes halogenated alkanes) is 1. The normalized spacial score (nSPS) is 11.4. The molecule has 0 spiro atoms. The number of fused-ring (bicyclic) bond motifs is 1. The minimum absolute atomic E-state index is 0.587. The van der Waals surface area contributed by atoms with Crippen LogP contribution in [0.3, 0.4) is 0 Å². The second kappa shape index (κ2) is 7.42. The molecule has 0 bridgehead atoms. The number of aryl methyl sites for hydroxylation is 1. The molecule has 0 saturated heterocycles. The SMILES string of the molecule is CCCCc1nnc(-c2cc3ccccc3n2CCOCC)o1. The fraction of sp³-hybridized carbons (Fsp3) is 0.444. The van der Waals surface area contributed by atoms with E-state index < -0.39 is 0 Å². The summed E-state index contributed by atoms with van der Waals surface area (Å²) < 4.78 is 13.6. The summed E-state index contributed by atoms with van der Waals surface area (Å²) in [5.74, 6) is 1.30. The first-order valence-electron chi connectivity index (χ1n) is 8.32. The van der Waals surface area contributed by atoms with E-state index in [9.17, 15) is 0 Å². The first-order chi connectivity index (χ1) is 11.3. The highest BCUT2D eigenvalue weighted by atomic mass is 16.5. The van der Waals surface area contributed by atoms with Gasteiger partial charge in [0.2, 0.25) is 5.89 Å². The summed E-state index contributed by atoms with van der Waals surface area (Å²) in [5.41, 5.74) is 2.12. The molecule has 2 heterocycles. The first kappa shape index (κ1) is 15.7. The first-order valence-corrected chi connectivity index (χ1v) is 8.32.